The molecule has 1 aromatic heterocycles. The lowest BCUT2D eigenvalue weighted by Gasteiger charge is -2.19. The second-order valence-corrected chi connectivity index (χ2v) is 3.31. The summed E-state index contributed by atoms with van der Waals surface area (Å²) in [4.78, 5) is 13.5. The molecule has 0 aliphatic carbocycles. The van der Waals surface area contributed by atoms with E-state index in [1.54, 1.807) is 17.2 Å². The van der Waals surface area contributed by atoms with Crippen molar-refractivity contribution >= 4 is 5.91 Å². The Hall–Kier alpha value is -1.36. The van der Waals surface area contributed by atoms with Gasteiger partial charge in [-0.25, -0.2) is 0 Å². The molecule has 1 heterocycles. The lowest BCUT2D eigenvalue weighted by Crippen LogP contribution is -2.33. The van der Waals surface area contributed by atoms with Gasteiger partial charge in [-0.1, -0.05) is 0 Å². The van der Waals surface area contributed by atoms with Crippen LogP contribution >= 0.6 is 0 Å². The first kappa shape index (κ1) is 11.7. The average Bonchev–Trinajstić information content (AvgIpc) is 2.71. The minimum Gasteiger partial charge on any atom is -0.396 e. The van der Waals surface area contributed by atoms with Gasteiger partial charge < -0.3 is 10.0 Å². The maximum absolute atomic E-state index is 11.7. The van der Waals surface area contributed by atoms with Crippen LogP contribution in [0.1, 0.15) is 19.0 Å². The highest BCUT2D eigenvalue weighted by molar-refractivity contribution is 5.78. The van der Waals surface area contributed by atoms with E-state index in [0.29, 0.717) is 25.9 Å². The number of rotatable bonds is 6. The van der Waals surface area contributed by atoms with E-state index >= 15 is 0 Å². The zero-order valence-corrected chi connectivity index (χ0v) is 8.94. The van der Waals surface area contributed by atoms with Gasteiger partial charge in [0.05, 0.1) is 6.42 Å². The summed E-state index contributed by atoms with van der Waals surface area (Å²) in [5.74, 6) is 0.0650. The molecule has 0 spiro atoms. The van der Waals surface area contributed by atoms with Crippen LogP contribution in [-0.4, -0.2) is 45.8 Å². The van der Waals surface area contributed by atoms with Gasteiger partial charge in [0.15, 0.2) is 0 Å². The molecular formula is C10H17N3O2. The Kier molecular flexibility index (Phi) is 4.83. The highest BCUT2D eigenvalue weighted by atomic mass is 16.3. The van der Waals surface area contributed by atoms with Gasteiger partial charge in [-0.3, -0.25) is 9.89 Å². The molecule has 0 aromatic carbocycles. The summed E-state index contributed by atoms with van der Waals surface area (Å²) in [5, 5.41) is 15.2. The maximum atomic E-state index is 11.7. The number of aromatic nitrogens is 2. The molecule has 1 amide bonds. The molecule has 0 bridgehead atoms. The largest absolute Gasteiger partial charge is 0.396 e. The zero-order chi connectivity index (χ0) is 11.1. The Morgan fingerprint density at radius 1 is 1.67 bits per heavy atom. The van der Waals surface area contributed by atoms with Crippen LogP contribution in [-0.2, 0) is 11.2 Å². The van der Waals surface area contributed by atoms with Crippen molar-refractivity contribution in [2.75, 3.05) is 19.7 Å². The lowest BCUT2D eigenvalue weighted by atomic mass is 10.2. The van der Waals surface area contributed by atoms with Crippen molar-refractivity contribution in [2.24, 2.45) is 0 Å². The SMILES string of the molecule is CCN(CCCO)C(=O)Cc1ccn[nH]1. The third kappa shape index (κ3) is 3.71. The number of aliphatic hydroxyl groups is 1. The van der Waals surface area contributed by atoms with Gasteiger partial charge >= 0.3 is 0 Å². The molecule has 0 saturated heterocycles. The van der Waals surface area contributed by atoms with Crippen molar-refractivity contribution in [3.8, 4) is 0 Å². The smallest absolute Gasteiger partial charge is 0.228 e. The first-order chi connectivity index (χ1) is 7.27. The van der Waals surface area contributed by atoms with Gasteiger partial charge in [0.2, 0.25) is 5.91 Å². The van der Waals surface area contributed by atoms with E-state index < -0.39 is 0 Å². The first-order valence-electron chi connectivity index (χ1n) is 5.14. The molecule has 0 atom stereocenters. The van der Waals surface area contributed by atoms with E-state index in [1.165, 1.54) is 0 Å². The Bertz CT molecular complexity index is 285. The maximum Gasteiger partial charge on any atom is 0.228 e. The molecule has 2 N–H and O–H groups in total. The lowest BCUT2D eigenvalue weighted by molar-refractivity contribution is -0.130. The molecule has 5 nitrogen and oxygen atoms in total. The predicted molar refractivity (Wildman–Crippen MR) is 56.2 cm³/mol. The summed E-state index contributed by atoms with van der Waals surface area (Å²) < 4.78 is 0. The minimum atomic E-state index is 0.0650. The van der Waals surface area contributed by atoms with Crippen molar-refractivity contribution in [3.05, 3.63) is 18.0 Å². The van der Waals surface area contributed by atoms with Crippen LogP contribution < -0.4 is 0 Å². The van der Waals surface area contributed by atoms with E-state index in [0.717, 1.165) is 5.69 Å². The number of likely N-dealkylation sites (N-methyl/N-ethyl adjacent to an activating group) is 1. The number of hydrogen-bond acceptors (Lipinski definition) is 3. The number of nitrogens with zero attached hydrogens (tertiary/aromatic N) is 2. The third-order valence-electron chi connectivity index (χ3n) is 2.22. The molecule has 1 rings (SSSR count). The van der Waals surface area contributed by atoms with Crippen molar-refractivity contribution in [3.63, 3.8) is 0 Å². The summed E-state index contributed by atoms with van der Waals surface area (Å²) in [7, 11) is 0. The van der Waals surface area contributed by atoms with Crippen LogP contribution in [0, 0.1) is 0 Å². The Morgan fingerprint density at radius 2 is 2.47 bits per heavy atom. The van der Waals surface area contributed by atoms with E-state index in [1.807, 2.05) is 6.92 Å². The van der Waals surface area contributed by atoms with Crippen LogP contribution in [0.3, 0.4) is 0 Å². The molecule has 0 saturated carbocycles. The number of carbonyl (C=O) groups excluding carboxylic acids is 1. The molecular weight excluding hydrogens is 194 g/mol. The number of nitrogens with one attached hydrogen (secondary N) is 1. The fraction of sp³-hybridized carbons (Fsp3) is 0.600. The fourth-order valence-corrected chi connectivity index (χ4v) is 1.38. The summed E-state index contributed by atoms with van der Waals surface area (Å²) in [6, 6.07) is 1.79. The Balaban J connectivity index is 2.43. The molecule has 0 radical (unpaired) electrons. The van der Waals surface area contributed by atoms with Gasteiger partial charge in [-0.05, 0) is 19.4 Å². The normalized spacial score (nSPS) is 10.3. The molecule has 1 aromatic rings. The molecule has 84 valence electrons. The van der Waals surface area contributed by atoms with Crippen molar-refractivity contribution < 1.29 is 9.90 Å². The number of hydrogen-bond donors (Lipinski definition) is 2. The molecule has 0 aliphatic heterocycles. The van der Waals surface area contributed by atoms with E-state index in [-0.39, 0.29) is 12.5 Å². The average molecular weight is 211 g/mol. The minimum absolute atomic E-state index is 0.0650. The monoisotopic (exact) mass is 211 g/mol. The van der Waals surface area contributed by atoms with Crippen LogP contribution in [0.5, 0.6) is 0 Å². The number of aliphatic hydroxyl groups excluding tert-OH is 1. The van der Waals surface area contributed by atoms with Gasteiger partial charge in [0.1, 0.15) is 0 Å². The molecule has 0 aliphatic rings. The summed E-state index contributed by atoms with van der Waals surface area (Å²) >= 11 is 0. The third-order valence-corrected chi connectivity index (χ3v) is 2.22. The summed E-state index contributed by atoms with van der Waals surface area (Å²) in [6.45, 7) is 3.34. The van der Waals surface area contributed by atoms with Crippen LogP contribution in [0.15, 0.2) is 12.3 Å². The van der Waals surface area contributed by atoms with Crippen LogP contribution in [0.2, 0.25) is 0 Å². The highest BCUT2D eigenvalue weighted by Crippen LogP contribution is 1.99. The van der Waals surface area contributed by atoms with Crippen molar-refractivity contribution in [1.82, 2.24) is 15.1 Å². The standard InChI is InChI=1S/C10H17N3O2/c1-2-13(6-3-7-14)10(15)8-9-4-5-11-12-9/h4-5,14H,2-3,6-8H2,1H3,(H,11,12). The van der Waals surface area contributed by atoms with Gasteiger partial charge in [-0.15, -0.1) is 0 Å². The van der Waals surface area contributed by atoms with Gasteiger partial charge in [0.25, 0.3) is 0 Å². The highest BCUT2D eigenvalue weighted by Gasteiger charge is 2.11. The Morgan fingerprint density at radius 3 is 3.00 bits per heavy atom. The topological polar surface area (TPSA) is 69.2 Å². The summed E-state index contributed by atoms with van der Waals surface area (Å²) in [5.41, 5.74) is 0.822. The fourth-order valence-electron chi connectivity index (χ4n) is 1.38. The summed E-state index contributed by atoms with van der Waals surface area (Å²) in [6.07, 6.45) is 2.61. The molecule has 15 heavy (non-hydrogen) atoms. The van der Waals surface area contributed by atoms with Gasteiger partial charge in [-0.2, -0.15) is 5.10 Å². The molecule has 0 unspecified atom stereocenters. The molecule has 0 fully saturated rings. The van der Waals surface area contributed by atoms with Crippen LogP contribution in [0.25, 0.3) is 0 Å². The first-order valence-corrected chi connectivity index (χ1v) is 5.14. The number of carbonyl (C=O) groups is 1. The second-order valence-electron chi connectivity index (χ2n) is 3.31. The van der Waals surface area contributed by atoms with Gasteiger partial charge in [0, 0.05) is 31.6 Å². The van der Waals surface area contributed by atoms with Crippen molar-refractivity contribution in [1.29, 1.82) is 0 Å². The number of aromatic amines is 1. The Labute approximate surface area is 89.1 Å². The predicted octanol–water partition coefficient (Wildman–Crippen LogP) is 0.183. The van der Waals surface area contributed by atoms with E-state index in [4.69, 9.17) is 5.11 Å². The second kappa shape index (κ2) is 6.19. The number of amides is 1. The van der Waals surface area contributed by atoms with E-state index in [2.05, 4.69) is 10.2 Å². The zero-order valence-electron chi connectivity index (χ0n) is 8.94. The van der Waals surface area contributed by atoms with Crippen LogP contribution in [0.4, 0.5) is 0 Å². The van der Waals surface area contributed by atoms with E-state index in [9.17, 15) is 4.79 Å². The van der Waals surface area contributed by atoms with Crippen molar-refractivity contribution in [2.45, 2.75) is 19.8 Å². The quantitative estimate of drug-likeness (QED) is 0.705. The molecule has 5 heteroatoms. The number of H-pyrrole nitrogens is 1.